The first-order valence-corrected chi connectivity index (χ1v) is 14.8. The maximum atomic E-state index is 16.3. The van der Waals surface area contributed by atoms with Crippen LogP contribution in [0.25, 0.3) is 11.2 Å². The number of carbonyl (C=O) groups is 1. The number of hydrogen-bond donors (Lipinski definition) is 2. The fourth-order valence-corrected chi connectivity index (χ4v) is 6.22. The molecule has 1 saturated carbocycles. The molecule has 0 unspecified atom stereocenters. The Labute approximate surface area is 241 Å². The zero-order valence-electron chi connectivity index (χ0n) is 23.5. The largest absolute Gasteiger partial charge is 0.468 e. The van der Waals surface area contributed by atoms with Crippen LogP contribution in [0.4, 0.5) is 10.2 Å². The molecule has 15 heteroatoms. The third-order valence-electron chi connectivity index (χ3n) is 7.15. The van der Waals surface area contributed by atoms with Crippen LogP contribution in [-0.2, 0) is 23.4 Å². The number of anilines is 1. The second kappa shape index (κ2) is 11.6. The van der Waals surface area contributed by atoms with Gasteiger partial charge >= 0.3 is 13.7 Å². The van der Waals surface area contributed by atoms with Gasteiger partial charge in [0.2, 0.25) is 5.67 Å². The predicted octanol–water partition coefficient (Wildman–Crippen LogP) is 2.69. The number of aromatic nitrogens is 4. The first-order chi connectivity index (χ1) is 20.0. The molecule has 2 aliphatic rings. The number of carbonyl (C=O) groups excluding carboxylic acids is 1. The van der Waals surface area contributed by atoms with E-state index in [2.05, 4.69) is 20.0 Å². The lowest BCUT2D eigenvalue weighted by molar-refractivity contribution is -0.142. The third kappa shape index (κ3) is 5.71. The maximum Gasteiger partial charge on any atom is 0.459 e. The molecule has 5 rings (SSSR count). The van der Waals surface area contributed by atoms with Crippen molar-refractivity contribution in [3.05, 3.63) is 42.5 Å². The van der Waals surface area contributed by atoms with Crippen molar-refractivity contribution >= 4 is 30.7 Å². The van der Waals surface area contributed by atoms with Gasteiger partial charge in [0.15, 0.2) is 23.2 Å². The van der Waals surface area contributed by atoms with E-state index in [0.717, 1.165) is 12.8 Å². The van der Waals surface area contributed by atoms with Crippen molar-refractivity contribution in [3.8, 4) is 18.1 Å². The number of benzene rings is 1. The lowest BCUT2D eigenvalue weighted by Gasteiger charge is -2.24. The number of rotatable bonds is 11. The highest BCUT2D eigenvalue weighted by atomic mass is 31.2. The molecule has 1 aliphatic carbocycles. The normalized spacial score (nSPS) is 25.9. The number of aliphatic hydroxyl groups excluding tert-OH is 1. The summed E-state index contributed by atoms with van der Waals surface area (Å²) in [4.78, 5) is 27.4. The molecule has 3 heterocycles. The van der Waals surface area contributed by atoms with Gasteiger partial charge in [-0.3, -0.25) is 13.9 Å². The van der Waals surface area contributed by atoms with E-state index in [1.165, 1.54) is 37.1 Å². The number of nitrogens with one attached hydrogen (secondary N) is 1. The Morgan fingerprint density at radius 1 is 1.38 bits per heavy atom. The van der Waals surface area contributed by atoms with Crippen molar-refractivity contribution < 1.29 is 37.4 Å². The summed E-state index contributed by atoms with van der Waals surface area (Å²) in [6, 6.07) is 7.32. The van der Waals surface area contributed by atoms with E-state index in [9.17, 15) is 14.5 Å². The van der Waals surface area contributed by atoms with Crippen LogP contribution in [0.5, 0.6) is 5.75 Å². The van der Waals surface area contributed by atoms with Gasteiger partial charge in [0.05, 0.1) is 20.0 Å². The van der Waals surface area contributed by atoms with Crippen LogP contribution in [0.1, 0.15) is 31.8 Å². The molecule has 1 aliphatic heterocycles. The molecule has 1 saturated heterocycles. The zero-order valence-corrected chi connectivity index (χ0v) is 24.4. The fraction of sp³-hybridized carbons (Fsp3) is 0.481. The number of ether oxygens (including phenoxy) is 2. The maximum absolute atomic E-state index is 16.3. The first kappa shape index (κ1) is 29.9. The number of halogens is 1. The molecule has 2 fully saturated rings. The van der Waals surface area contributed by atoms with Crippen molar-refractivity contribution in [3.63, 3.8) is 0 Å². The highest BCUT2D eigenvalue weighted by Crippen LogP contribution is 2.48. The van der Waals surface area contributed by atoms with Crippen molar-refractivity contribution in [1.82, 2.24) is 24.6 Å². The van der Waals surface area contributed by atoms with E-state index in [4.69, 9.17) is 24.9 Å². The standard InChI is InChI=1S/C27H32FN6O7P/c1-6-27(28)22(35)20(14-39-42(37,32-16(2)25(36)38-5)41-19-10-8-7-9-11-19)40-26(27)34-15-29-21-23(33(4)18-12-13-18)30-17(3)31-24(21)34/h1,7-11,15-16,18,20,22,26,35H,12-14H2,2-5H3,(H,32,37)/t16-,20-,22-,26-,27-,42-/m1/s1. The molecule has 2 N–H and O–H groups in total. The average Bonchev–Trinajstić information content (AvgIpc) is 3.70. The lowest BCUT2D eigenvalue weighted by Crippen LogP contribution is -2.42. The Kier molecular flexibility index (Phi) is 8.24. The number of methoxy groups -OCH3 is 1. The summed E-state index contributed by atoms with van der Waals surface area (Å²) >= 11 is 0. The molecule has 0 spiro atoms. The molecule has 224 valence electrons. The highest BCUT2D eigenvalue weighted by molar-refractivity contribution is 7.52. The van der Waals surface area contributed by atoms with E-state index in [1.54, 1.807) is 25.1 Å². The Hall–Kier alpha value is -3.60. The van der Waals surface area contributed by atoms with Crippen LogP contribution in [0.2, 0.25) is 0 Å². The number of aliphatic hydroxyl groups is 1. The van der Waals surface area contributed by atoms with E-state index in [0.29, 0.717) is 23.2 Å². The first-order valence-electron chi connectivity index (χ1n) is 13.3. The second-order valence-corrected chi connectivity index (χ2v) is 11.9. The number of esters is 1. The van der Waals surface area contributed by atoms with Gasteiger partial charge in [0.1, 0.15) is 29.8 Å². The minimum Gasteiger partial charge on any atom is -0.468 e. The van der Waals surface area contributed by atoms with Crippen molar-refractivity contribution in [1.29, 1.82) is 0 Å². The van der Waals surface area contributed by atoms with Crippen molar-refractivity contribution in [2.45, 2.75) is 62.9 Å². The van der Waals surface area contributed by atoms with E-state index in [-0.39, 0.29) is 11.4 Å². The summed E-state index contributed by atoms with van der Waals surface area (Å²) in [5.74, 6) is 2.49. The van der Waals surface area contributed by atoms with Gasteiger partial charge in [-0.1, -0.05) is 24.1 Å². The van der Waals surface area contributed by atoms with Crippen molar-refractivity contribution in [2.24, 2.45) is 0 Å². The number of aryl methyl sites for hydroxylation is 1. The molecule has 3 aromatic rings. The van der Waals surface area contributed by atoms with Gasteiger partial charge in [-0.15, -0.1) is 6.42 Å². The SMILES string of the molecule is C#C[C@@]1(F)[C@H](O)[C@@H](CO[P@](=O)(N[C@H](C)C(=O)OC)Oc2ccccc2)O[C@H]1n1cnc2c(N(C)C3CC3)nc(C)nc21. The van der Waals surface area contributed by atoms with Crippen LogP contribution in [0.15, 0.2) is 36.7 Å². The average molecular weight is 603 g/mol. The second-order valence-electron chi connectivity index (χ2n) is 10.2. The van der Waals surface area contributed by atoms with Crippen LogP contribution in [0, 0.1) is 19.3 Å². The molecule has 6 atom stereocenters. The van der Waals surface area contributed by atoms with Gasteiger partial charge < -0.3 is 24.0 Å². The summed E-state index contributed by atoms with van der Waals surface area (Å²) in [6.45, 7) is 2.49. The number of alkyl halides is 1. The number of fused-ring (bicyclic) bond motifs is 1. The summed E-state index contributed by atoms with van der Waals surface area (Å²) in [5.41, 5.74) is -2.04. The third-order valence-corrected chi connectivity index (χ3v) is 8.79. The molecular weight excluding hydrogens is 570 g/mol. The van der Waals surface area contributed by atoms with Crippen molar-refractivity contribution in [2.75, 3.05) is 25.7 Å². The van der Waals surface area contributed by atoms with Gasteiger partial charge in [0.25, 0.3) is 0 Å². The van der Waals surface area contributed by atoms with E-state index >= 15 is 4.39 Å². The predicted molar refractivity (Wildman–Crippen MR) is 149 cm³/mol. The molecule has 1 aromatic carbocycles. The number of para-hydroxylation sites is 1. The fourth-order valence-electron chi connectivity index (χ4n) is 4.72. The summed E-state index contributed by atoms with van der Waals surface area (Å²) in [5, 5.41) is 13.5. The summed E-state index contributed by atoms with van der Waals surface area (Å²) in [7, 11) is -1.22. The van der Waals surface area contributed by atoms with E-state index < -0.39 is 50.5 Å². The molecule has 0 bridgehead atoms. The summed E-state index contributed by atoms with van der Waals surface area (Å²) in [6.07, 6.45) is 4.13. The molecule has 0 radical (unpaired) electrons. The Morgan fingerprint density at radius 2 is 2.10 bits per heavy atom. The lowest BCUT2D eigenvalue weighted by atomic mass is 9.97. The minimum absolute atomic E-state index is 0.173. The van der Waals surface area contributed by atoms with Gasteiger partial charge in [0, 0.05) is 13.1 Å². The van der Waals surface area contributed by atoms with Gasteiger partial charge in [-0.2, -0.15) is 5.09 Å². The topological polar surface area (TPSA) is 150 Å². The van der Waals surface area contributed by atoms with E-state index in [1.807, 2.05) is 17.9 Å². The Bertz CT molecular complexity index is 1550. The molecule has 13 nitrogen and oxygen atoms in total. The smallest absolute Gasteiger partial charge is 0.459 e. The molecule has 0 amide bonds. The van der Waals surface area contributed by atoms with Crippen LogP contribution < -0.4 is 14.5 Å². The highest BCUT2D eigenvalue weighted by Gasteiger charge is 2.58. The minimum atomic E-state index is -4.30. The Balaban J connectivity index is 1.41. The number of hydrogen-bond acceptors (Lipinski definition) is 11. The zero-order chi connectivity index (χ0) is 30.2. The number of terminal acetylenes is 1. The number of imidazole rings is 1. The van der Waals surface area contributed by atoms with Gasteiger partial charge in [-0.05, 0) is 38.8 Å². The van der Waals surface area contributed by atoms with Crippen LogP contribution in [-0.4, -0.2) is 81.3 Å². The van der Waals surface area contributed by atoms with Crippen LogP contribution >= 0.6 is 7.75 Å². The van der Waals surface area contributed by atoms with Crippen LogP contribution in [0.3, 0.4) is 0 Å². The quantitative estimate of drug-likeness (QED) is 0.189. The molecule has 42 heavy (non-hydrogen) atoms. The van der Waals surface area contributed by atoms with Gasteiger partial charge in [-0.25, -0.2) is 23.9 Å². The monoisotopic (exact) mass is 602 g/mol. The molecule has 2 aromatic heterocycles. The summed E-state index contributed by atoms with van der Waals surface area (Å²) < 4.78 is 53.1. The Morgan fingerprint density at radius 3 is 2.74 bits per heavy atom. The number of nitrogens with zero attached hydrogens (tertiary/aromatic N) is 5. The molecular formula is C27H32FN6O7P.